The molecule has 2 N–H and O–H groups in total. The van der Waals surface area contributed by atoms with Gasteiger partial charge in [-0.05, 0) is 30.7 Å². The van der Waals surface area contributed by atoms with Gasteiger partial charge in [0.2, 0.25) is 5.91 Å². The minimum atomic E-state index is 0.0785. The molecule has 1 aliphatic rings. The number of amides is 1. The van der Waals surface area contributed by atoms with Gasteiger partial charge in [-0.2, -0.15) is 0 Å². The predicted molar refractivity (Wildman–Crippen MR) is 108 cm³/mol. The van der Waals surface area contributed by atoms with Crippen LogP contribution in [0.3, 0.4) is 0 Å². The van der Waals surface area contributed by atoms with Crippen molar-refractivity contribution >= 4 is 17.5 Å². The number of benzene rings is 2. The molecule has 1 amide bonds. The fourth-order valence-corrected chi connectivity index (χ4v) is 3.64. The van der Waals surface area contributed by atoms with Gasteiger partial charge >= 0.3 is 0 Å². The average Bonchev–Trinajstić information content (AvgIpc) is 2.67. The lowest BCUT2D eigenvalue weighted by Gasteiger charge is -2.29. The van der Waals surface area contributed by atoms with E-state index in [2.05, 4.69) is 17.4 Å². The van der Waals surface area contributed by atoms with Gasteiger partial charge in [0.1, 0.15) is 12.3 Å². The molecule has 1 heterocycles. The second kappa shape index (κ2) is 9.77. The summed E-state index contributed by atoms with van der Waals surface area (Å²) < 4.78 is 5.71. The Balaban J connectivity index is 1.34. The van der Waals surface area contributed by atoms with Gasteiger partial charge in [-0.15, -0.1) is 0 Å². The number of carbonyl (C=O) groups excluding carboxylic acids is 1. The summed E-state index contributed by atoms with van der Waals surface area (Å²) >= 11 is 5.94. The zero-order chi connectivity index (χ0) is 19.1. The Hall–Kier alpha value is -2.04. The van der Waals surface area contributed by atoms with Crippen molar-refractivity contribution in [2.75, 3.05) is 19.7 Å². The maximum atomic E-state index is 12.2. The first-order valence-electron chi connectivity index (χ1n) is 9.66. The Labute approximate surface area is 166 Å². The summed E-state index contributed by atoms with van der Waals surface area (Å²) in [6.45, 7) is 5.59. The number of halogens is 1. The van der Waals surface area contributed by atoms with E-state index in [1.807, 2.05) is 43.3 Å². The smallest absolute Gasteiger partial charge is 0.223 e. The monoisotopic (exact) mass is 387 g/mol. The van der Waals surface area contributed by atoms with Crippen LogP contribution in [-0.2, 0) is 11.3 Å². The Morgan fingerprint density at radius 2 is 1.85 bits per heavy atom. The van der Waals surface area contributed by atoms with E-state index in [1.165, 1.54) is 5.56 Å². The van der Waals surface area contributed by atoms with E-state index in [1.54, 1.807) is 4.90 Å². The van der Waals surface area contributed by atoms with Crippen molar-refractivity contribution in [2.24, 2.45) is 0 Å². The van der Waals surface area contributed by atoms with Crippen LogP contribution in [-0.4, -0.2) is 31.6 Å². The molecule has 3 rings (SSSR count). The molecular formula is C22H28ClN2O2+. The molecule has 4 nitrogen and oxygen atoms in total. The first kappa shape index (κ1) is 19.7. The summed E-state index contributed by atoms with van der Waals surface area (Å²) in [5, 5.41) is 3.94. The van der Waals surface area contributed by atoms with Crippen LogP contribution in [0.1, 0.15) is 30.4 Å². The highest BCUT2D eigenvalue weighted by Crippen LogP contribution is 2.16. The number of quaternary nitrogens is 1. The third-order valence-electron chi connectivity index (χ3n) is 5.11. The topological polar surface area (TPSA) is 42.8 Å². The van der Waals surface area contributed by atoms with E-state index in [9.17, 15) is 4.79 Å². The summed E-state index contributed by atoms with van der Waals surface area (Å²) in [7, 11) is 0. The van der Waals surface area contributed by atoms with E-state index in [0.717, 1.165) is 48.8 Å². The van der Waals surface area contributed by atoms with Crippen LogP contribution < -0.4 is 15.0 Å². The minimum absolute atomic E-state index is 0.0785. The number of ether oxygens (including phenoxy) is 1. The van der Waals surface area contributed by atoms with Gasteiger partial charge < -0.3 is 15.0 Å². The van der Waals surface area contributed by atoms with E-state index in [-0.39, 0.29) is 11.9 Å². The molecule has 0 spiro atoms. The summed E-state index contributed by atoms with van der Waals surface area (Å²) in [5.74, 6) is 0.930. The Morgan fingerprint density at radius 1 is 1.15 bits per heavy atom. The molecule has 0 bridgehead atoms. The van der Waals surface area contributed by atoms with Crippen LogP contribution in [0.25, 0.3) is 0 Å². The predicted octanol–water partition coefficient (Wildman–Crippen LogP) is 2.78. The molecule has 5 heteroatoms. The maximum absolute atomic E-state index is 12.2. The van der Waals surface area contributed by atoms with Crippen molar-refractivity contribution in [3.63, 3.8) is 0 Å². The molecule has 27 heavy (non-hydrogen) atoms. The van der Waals surface area contributed by atoms with Gasteiger partial charge in [0.25, 0.3) is 0 Å². The van der Waals surface area contributed by atoms with Gasteiger partial charge in [-0.1, -0.05) is 41.9 Å². The van der Waals surface area contributed by atoms with Crippen molar-refractivity contribution < 1.29 is 14.4 Å². The molecule has 0 unspecified atom stereocenters. The third-order valence-corrected chi connectivity index (χ3v) is 5.36. The quantitative estimate of drug-likeness (QED) is 0.767. The fraction of sp³-hybridized carbons (Fsp3) is 0.409. The first-order chi connectivity index (χ1) is 13.1. The molecule has 0 radical (unpaired) electrons. The van der Waals surface area contributed by atoms with Crippen LogP contribution in [0.2, 0.25) is 5.02 Å². The average molecular weight is 388 g/mol. The lowest BCUT2D eigenvalue weighted by Crippen LogP contribution is -3.12. The van der Waals surface area contributed by atoms with Crippen molar-refractivity contribution in [3.8, 4) is 5.75 Å². The first-order valence-corrected chi connectivity index (χ1v) is 10.0. The van der Waals surface area contributed by atoms with Crippen LogP contribution in [0.4, 0.5) is 0 Å². The normalized spacial score (nSPS) is 19.5. The lowest BCUT2D eigenvalue weighted by molar-refractivity contribution is -0.918. The zero-order valence-electron chi connectivity index (χ0n) is 15.8. The second-order valence-corrected chi connectivity index (χ2v) is 7.70. The van der Waals surface area contributed by atoms with Crippen LogP contribution in [0.15, 0.2) is 48.5 Å². The molecular weight excluding hydrogens is 360 g/mol. The molecule has 0 aromatic heterocycles. The fourth-order valence-electron chi connectivity index (χ4n) is 3.51. The SMILES string of the molecule is Cc1ccccc1OCCC(=O)NC1CC[NH+](Cc2ccc(Cl)cc2)CC1. The number of likely N-dealkylation sites (tertiary alicyclic amines) is 1. The zero-order valence-corrected chi connectivity index (χ0v) is 16.6. The van der Waals surface area contributed by atoms with Crippen LogP contribution >= 0.6 is 11.6 Å². The lowest BCUT2D eigenvalue weighted by atomic mass is 10.0. The molecule has 1 fully saturated rings. The molecule has 2 aromatic rings. The van der Waals surface area contributed by atoms with E-state index in [0.29, 0.717) is 13.0 Å². The van der Waals surface area contributed by atoms with Gasteiger partial charge in [-0.3, -0.25) is 4.79 Å². The Morgan fingerprint density at radius 3 is 2.56 bits per heavy atom. The number of para-hydroxylation sites is 1. The number of piperidine rings is 1. The minimum Gasteiger partial charge on any atom is -0.493 e. The van der Waals surface area contributed by atoms with Crippen molar-refractivity contribution in [1.29, 1.82) is 0 Å². The summed E-state index contributed by atoms with van der Waals surface area (Å²) in [5.41, 5.74) is 2.40. The highest BCUT2D eigenvalue weighted by atomic mass is 35.5. The van der Waals surface area contributed by atoms with Gasteiger partial charge in [0.05, 0.1) is 26.1 Å². The van der Waals surface area contributed by atoms with Crippen LogP contribution in [0, 0.1) is 6.92 Å². The highest BCUT2D eigenvalue weighted by molar-refractivity contribution is 6.30. The molecule has 1 aliphatic heterocycles. The number of hydrogen-bond donors (Lipinski definition) is 2. The second-order valence-electron chi connectivity index (χ2n) is 7.26. The Kier molecular flexibility index (Phi) is 7.13. The standard InChI is InChI=1S/C22H27ClN2O2/c1-17-4-2-3-5-21(17)27-15-12-22(26)24-20-10-13-25(14-11-20)16-18-6-8-19(23)9-7-18/h2-9,20H,10-16H2,1H3,(H,24,26)/p+1. The molecule has 144 valence electrons. The van der Waals surface area contributed by atoms with Gasteiger partial charge in [-0.25, -0.2) is 0 Å². The highest BCUT2D eigenvalue weighted by Gasteiger charge is 2.23. The summed E-state index contributed by atoms with van der Waals surface area (Å²) in [6, 6.07) is 16.2. The van der Waals surface area contributed by atoms with Crippen LogP contribution in [0.5, 0.6) is 5.75 Å². The third kappa shape index (κ3) is 6.26. The summed E-state index contributed by atoms with van der Waals surface area (Å²) in [6.07, 6.45) is 2.44. The molecule has 0 atom stereocenters. The maximum Gasteiger partial charge on any atom is 0.223 e. The Bertz CT molecular complexity index is 740. The number of hydrogen-bond acceptors (Lipinski definition) is 2. The molecule has 2 aromatic carbocycles. The van der Waals surface area contributed by atoms with Crippen molar-refractivity contribution in [2.45, 2.75) is 38.8 Å². The molecule has 0 saturated carbocycles. The van der Waals surface area contributed by atoms with Gasteiger partial charge in [0, 0.05) is 29.5 Å². The number of carbonyl (C=O) groups is 1. The number of nitrogens with one attached hydrogen (secondary N) is 2. The largest absolute Gasteiger partial charge is 0.493 e. The number of aryl methyl sites for hydroxylation is 1. The molecule has 0 aliphatic carbocycles. The van der Waals surface area contributed by atoms with Gasteiger partial charge in [0.15, 0.2) is 0 Å². The van der Waals surface area contributed by atoms with Crippen molar-refractivity contribution in [1.82, 2.24) is 5.32 Å². The van der Waals surface area contributed by atoms with E-state index >= 15 is 0 Å². The molecule has 1 saturated heterocycles. The summed E-state index contributed by atoms with van der Waals surface area (Å²) in [4.78, 5) is 13.7. The van der Waals surface area contributed by atoms with E-state index in [4.69, 9.17) is 16.3 Å². The van der Waals surface area contributed by atoms with E-state index < -0.39 is 0 Å². The number of rotatable bonds is 7. The van der Waals surface area contributed by atoms with Crippen molar-refractivity contribution in [3.05, 3.63) is 64.7 Å².